The zero-order valence-corrected chi connectivity index (χ0v) is 9.87. The third kappa shape index (κ3) is 1.97. The number of allylic oxidation sites excluding steroid dienone is 3. The molecule has 1 nitrogen and oxygen atoms in total. The van der Waals surface area contributed by atoms with Crippen LogP contribution in [0.2, 0.25) is 0 Å². The number of rotatable bonds is 1. The zero-order valence-electron chi connectivity index (χ0n) is 9.87. The lowest BCUT2D eigenvalue weighted by Crippen LogP contribution is -2.32. The monoisotopic (exact) mass is 206 g/mol. The molecule has 0 spiro atoms. The molecule has 84 valence electrons. The summed E-state index contributed by atoms with van der Waals surface area (Å²) in [4.78, 5) is 0. The molecular formula is C14H22O. The summed E-state index contributed by atoms with van der Waals surface area (Å²) in [6.07, 6.45) is 7.16. The molecule has 0 amide bonds. The van der Waals surface area contributed by atoms with Crippen LogP contribution >= 0.6 is 0 Å². The second kappa shape index (κ2) is 4.03. The molecule has 4 atom stereocenters. The van der Waals surface area contributed by atoms with E-state index in [2.05, 4.69) is 26.5 Å². The van der Waals surface area contributed by atoms with E-state index in [1.54, 1.807) is 5.57 Å². The van der Waals surface area contributed by atoms with Gasteiger partial charge in [0.25, 0.3) is 0 Å². The summed E-state index contributed by atoms with van der Waals surface area (Å²) in [6.45, 7) is 8.31. The van der Waals surface area contributed by atoms with Gasteiger partial charge in [-0.2, -0.15) is 0 Å². The Balaban J connectivity index is 2.08. The average molecular weight is 206 g/mol. The molecule has 0 bridgehead atoms. The highest BCUT2D eigenvalue weighted by atomic mass is 16.3. The standard InChI is InChI=1S/C14H22O/c1-9-4-5-13-8-12(11(3)15)6-7-14(13)10(9)2/h4,10,12-15H,3,5-8H2,1-2H3/t10?,12?,13-,14?/m0/s1. The molecule has 0 saturated heterocycles. The SMILES string of the molecule is C=C(O)C1CCC2C(C)C(C)=CC[C@H]2C1. The minimum Gasteiger partial charge on any atom is -0.513 e. The van der Waals surface area contributed by atoms with E-state index in [0.29, 0.717) is 11.7 Å². The molecule has 1 N–H and O–H groups in total. The molecule has 0 aromatic rings. The lowest BCUT2D eigenvalue weighted by atomic mass is 9.64. The van der Waals surface area contributed by atoms with Crippen molar-refractivity contribution < 1.29 is 5.11 Å². The van der Waals surface area contributed by atoms with Crippen LogP contribution in [0, 0.1) is 23.7 Å². The van der Waals surface area contributed by atoms with Crippen molar-refractivity contribution in [2.75, 3.05) is 0 Å². The van der Waals surface area contributed by atoms with Crippen LogP contribution in [-0.4, -0.2) is 5.11 Å². The zero-order chi connectivity index (χ0) is 11.0. The Morgan fingerprint density at radius 3 is 2.87 bits per heavy atom. The quantitative estimate of drug-likeness (QED) is 0.506. The number of fused-ring (bicyclic) bond motifs is 1. The summed E-state index contributed by atoms with van der Waals surface area (Å²) < 4.78 is 0. The highest BCUT2D eigenvalue weighted by Crippen LogP contribution is 2.46. The Hall–Kier alpha value is -0.720. The molecule has 0 radical (unpaired) electrons. The molecule has 3 unspecified atom stereocenters. The highest BCUT2D eigenvalue weighted by molar-refractivity contribution is 5.12. The van der Waals surface area contributed by atoms with E-state index in [1.807, 2.05) is 0 Å². The third-order valence-corrected chi connectivity index (χ3v) is 4.62. The molecule has 0 aromatic carbocycles. The van der Waals surface area contributed by atoms with E-state index < -0.39 is 0 Å². The topological polar surface area (TPSA) is 20.2 Å². The minimum absolute atomic E-state index is 0.366. The summed E-state index contributed by atoms with van der Waals surface area (Å²) in [5.74, 6) is 3.16. The van der Waals surface area contributed by atoms with Crippen molar-refractivity contribution >= 4 is 0 Å². The third-order valence-electron chi connectivity index (χ3n) is 4.62. The number of hydrogen-bond donors (Lipinski definition) is 1. The second-order valence-corrected chi connectivity index (χ2v) is 5.40. The fourth-order valence-corrected chi connectivity index (χ4v) is 3.38. The fourth-order valence-electron chi connectivity index (χ4n) is 3.38. The molecule has 0 heterocycles. The van der Waals surface area contributed by atoms with E-state index in [4.69, 9.17) is 0 Å². The molecule has 0 aromatic heterocycles. The summed E-state index contributed by atoms with van der Waals surface area (Å²) in [6, 6.07) is 0. The molecule has 2 rings (SSSR count). The van der Waals surface area contributed by atoms with Crippen molar-refractivity contribution in [3.63, 3.8) is 0 Å². The van der Waals surface area contributed by atoms with Gasteiger partial charge in [0.15, 0.2) is 0 Å². The molecule has 1 saturated carbocycles. The van der Waals surface area contributed by atoms with Gasteiger partial charge >= 0.3 is 0 Å². The smallest absolute Gasteiger partial charge is 0.0882 e. The van der Waals surface area contributed by atoms with Crippen molar-refractivity contribution in [1.82, 2.24) is 0 Å². The molecular weight excluding hydrogens is 184 g/mol. The number of aliphatic hydroxyl groups excluding tert-OH is 1. The van der Waals surface area contributed by atoms with Crippen LogP contribution in [0.4, 0.5) is 0 Å². The largest absolute Gasteiger partial charge is 0.513 e. The van der Waals surface area contributed by atoms with Crippen molar-refractivity contribution in [3.8, 4) is 0 Å². The van der Waals surface area contributed by atoms with E-state index >= 15 is 0 Å². The van der Waals surface area contributed by atoms with E-state index in [9.17, 15) is 5.11 Å². The van der Waals surface area contributed by atoms with Crippen LogP contribution in [0.15, 0.2) is 24.0 Å². The van der Waals surface area contributed by atoms with Crippen LogP contribution in [0.25, 0.3) is 0 Å². The van der Waals surface area contributed by atoms with Gasteiger partial charge in [0.1, 0.15) is 0 Å². The molecule has 2 aliphatic rings. The summed E-state index contributed by atoms with van der Waals surface area (Å²) in [5, 5.41) is 9.48. The number of hydrogen-bond acceptors (Lipinski definition) is 1. The van der Waals surface area contributed by atoms with Crippen molar-refractivity contribution in [3.05, 3.63) is 24.0 Å². The normalized spacial score (nSPS) is 40.5. The maximum absolute atomic E-state index is 9.48. The van der Waals surface area contributed by atoms with Gasteiger partial charge in [0, 0.05) is 5.92 Å². The van der Waals surface area contributed by atoms with Gasteiger partial charge in [-0.15, -0.1) is 0 Å². The van der Waals surface area contributed by atoms with E-state index in [-0.39, 0.29) is 0 Å². The van der Waals surface area contributed by atoms with Gasteiger partial charge in [-0.3, -0.25) is 0 Å². The maximum Gasteiger partial charge on any atom is 0.0882 e. The summed E-state index contributed by atoms with van der Waals surface area (Å²) >= 11 is 0. The first-order valence-electron chi connectivity index (χ1n) is 6.14. The fraction of sp³-hybridized carbons (Fsp3) is 0.714. The first-order chi connectivity index (χ1) is 7.09. The van der Waals surface area contributed by atoms with Crippen molar-refractivity contribution in [2.45, 2.75) is 39.5 Å². The Morgan fingerprint density at radius 2 is 2.20 bits per heavy atom. The Bertz CT molecular complexity index is 290. The van der Waals surface area contributed by atoms with Crippen LogP contribution in [0.5, 0.6) is 0 Å². The van der Waals surface area contributed by atoms with Crippen LogP contribution in [0.1, 0.15) is 39.5 Å². The van der Waals surface area contributed by atoms with E-state index in [1.165, 1.54) is 12.8 Å². The summed E-state index contributed by atoms with van der Waals surface area (Å²) in [5.41, 5.74) is 1.57. The van der Waals surface area contributed by atoms with Gasteiger partial charge < -0.3 is 5.11 Å². The lowest BCUT2D eigenvalue weighted by Gasteiger charge is -2.42. The van der Waals surface area contributed by atoms with Crippen LogP contribution < -0.4 is 0 Å². The molecule has 1 fully saturated rings. The first kappa shape index (κ1) is 10.8. The van der Waals surface area contributed by atoms with Gasteiger partial charge in [0.2, 0.25) is 0 Å². The first-order valence-corrected chi connectivity index (χ1v) is 6.14. The second-order valence-electron chi connectivity index (χ2n) is 5.40. The van der Waals surface area contributed by atoms with Gasteiger partial charge in [-0.05, 0) is 50.4 Å². The molecule has 0 aliphatic heterocycles. The van der Waals surface area contributed by atoms with Crippen LogP contribution in [0.3, 0.4) is 0 Å². The molecule has 1 heteroatoms. The highest BCUT2D eigenvalue weighted by Gasteiger charge is 2.36. The Kier molecular flexibility index (Phi) is 2.90. The Morgan fingerprint density at radius 1 is 1.47 bits per heavy atom. The predicted molar refractivity (Wildman–Crippen MR) is 63.6 cm³/mol. The minimum atomic E-state index is 0.366. The number of aliphatic hydroxyl groups is 1. The predicted octanol–water partition coefficient (Wildman–Crippen LogP) is 4.08. The average Bonchev–Trinajstić information content (AvgIpc) is 2.23. The molecule has 15 heavy (non-hydrogen) atoms. The van der Waals surface area contributed by atoms with Crippen molar-refractivity contribution in [2.24, 2.45) is 23.7 Å². The van der Waals surface area contributed by atoms with E-state index in [0.717, 1.165) is 30.6 Å². The van der Waals surface area contributed by atoms with Crippen LogP contribution in [-0.2, 0) is 0 Å². The van der Waals surface area contributed by atoms with Gasteiger partial charge in [-0.1, -0.05) is 25.2 Å². The summed E-state index contributed by atoms with van der Waals surface area (Å²) in [7, 11) is 0. The molecule has 2 aliphatic carbocycles. The maximum atomic E-state index is 9.48. The van der Waals surface area contributed by atoms with Crippen molar-refractivity contribution in [1.29, 1.82) is 0 Å². The Labute approximate surface area is 92.9 Å². The van der Waals surface area contributed by atoms with Gasteiger partial charge in [0.05, 0.1) is 5.76 Å². The lowest BCUT2D eigenvalue weighted by molar-refractivity contribution is 0.128. The van der Waals surface area contributed by atoms with Gasteiger partial charge in [-0.25, -0.2) is 0 Å².